The summed E-state index contributed by atoms with van der Waals surface area (Å²) in [7, 11) is 1.51. The number of amides is 1. The van der Waals surface area contributed by atoms with Gasteiger partial charge in [0, 0.05) is 25.4 Å². The molecule has 1 aliphatic rings. The highest BCUT2D eigenvalue weighted by Gasteiger charge is 2.37. The van der Waals surface area contributed by atoms with E-state index in [-0.39, 0.29) is 24.8 Å². The van der Waals surface area contributed by atoms with Gasteiger partial charge in [-0.15, -0.1) is 0 Å². The van der Waals surface area contributed by atoms with Crippen molar-refractivity contribution in [2.75, 3.05) is 18.6 Å². The molecule has 0 radical (unpaired) electrons. The molecule has 2 aromatic rings. The molecule has 0 fully saturated rings. The first-order chi connectivity index (χ1) is 10.6. The van der Waals surface area contributed by atoms with Crippen LogP contribution in [0.4, 0.5) is 5.69 Å². The standard InChI is InChI=1S/C15H14N2O5/c1-21-8-9-6-12(16-22-9)14(18)17-7-11(15(19)20)10-4-2-3-5-13(10)17/h2-6,11H,7-8H2,1H3,(H,19,20). The zero-order valence-electron chi connectivity index (χ0n) is 11.9. The van der Waals surface area contributed by atoms with Crippen molar-refractivity contribution in [1.29, 1.82) is 0 Å². The lowest BCUT2D eigenvalue weighted by Gasteiger charge is -2.15. The number of hydrogen-bond donors (Lipinski definition) is 1. The predicted molar refractivity (Wildman–Crippen MR) is 75.7 cm³/mol. The highest BCUT2D eigenvalue weighted by Crippen LogP contribution is 2.36. The third kappa shape index (κ3) is 2.35. The molecule has 0 spiro atoms. The van der Waals surface area contributed by atoms with Gasteiger partial charge in [0.2, 0.25) is 0 Å². The van der Waals surface area contributed by atoms with Crippen LogP contribution in [-0.4, -0.2) is 35.8 Å². The highest BCUT2D eigenvalue weighted by molar-refractivity contribution is 6.07. The van der Waals surface area contributed by atoms with E-state index in [9.17, 15) is 14.7 Å². The van der Waals surface area contributed by atoms with Gasteiger partial charge in [-0.05, 0) is 11.6 Å². The van der Waals surface area contributed by atoms with Gasteiger partial charge in [0.05, 0.1) is 0 Å². The molecule has 7 nitrogen and oxygen atoms in total. The summed E-state index contributed by atoms with van der Waals surface area (Å²) in [6, 6.07) is 8.48. The lowest BCUT2D eigenvalue weighted by molar-refractivity contribution is -0.138. The Balaban J connectivity index is 1.91. The summed E-state index contributed by atoms with van der Waals surface area (Å²) in [6.45, 7) is 0.300. The molecule has 1 aliphatic heterocycles. The molecule has 0 saturated heterocycles. The third-order valence-corrected chi connectivity index (χ3v) is 3.58. The number of hydrogen-bond acceptors (Lipinski definition) is 5. The van der Waals surface area contributed by atoms with Gasteiger partial charge in [-0.1, -0.05) is 23.4 Å². The topological polar surface area (TPSA) is 92.9 Å². The Morgan fingerprint density at radius 2 is 2.23 bits per heavy atom. The molecule has 1 N–H and O–H groups in total. The molecule has 22 heavy (non-hydrogen) atoms. The Kier molecular flexibility index (Phi) is 3.64. The van der Waals surface area contributed by atoms with Crippen LogP contribution in [0.25, 0.3) is 0 Å². The fourth-order valence-corrected chi connectivity index (χ4v) is 2.57. The summed E-state index contributed by atoms with van der Waals surface area (Å²) >= 11 is 0. The van der Waals surface area contributed by atoms with E-state index < -0.39 is 11.9 Å². The van der Waals surface area contributed by atoms with Crippen molar-refractivity contribution in [3.8, 4) is 0 Å². The number of rotatable bonds is 4. The Morgan fingerprint density at radius 1 is 1.45 bits per heavy atom. The van der Waals surface area contributed by atoms with E-state index in [1.807, 2.05) is 0 Å². The van der Waals surface area contributed by atoms with E-state index in [4.69, 9.17) is 9.26 Å². The highest BCUT2D eigenvalue weighted by atomic mass is 16.5. The number of aromatic nitrogens is 1. The van der Waals surface area contributed by atoms with Crippen molar-refractivity contribution in [3.05, 3.63) is 47.3 Å². The number of methoxy groups -OCH3 is 1. The second-order valence-corrected chi connectivity index (χ2v) is 4.98. The average molecular weight is 302 g/mol. The van der Waals surface area contributed by atoms with Gasteiger partial charge in [0.1, 0.15) is 12.5 Å². The molecular weight excluding hydrogens is 288 g/mol. The Labute approximate surface area is 126 Å². The molecule has 2 heterocycles. The first-order valence-corrected chi connectivity index (χ1v) is 6.70. The Morgan fingerprint density at radius 3 is 2.95 bits per heavy atom. The number of carbonyl (C=O) groups excluding carboxylic acids is 1. The molecule has 0 saturated carbocycles. The Hall–Kier alpha value is -2.67. The number of anilines is 1. The number of benzene rings is 1. The fraction of sp³-hybridized carbons (Fsp3) is 0.267. The third-order valence-electron chi connectivity index (χ3n) is 3.58. The van der Waals surface area contributed by atoms with Crippen LogP contribution in [-0.2, 0) is 16.1 Å². The van der Waals surface area contributed by atoms with Gasteiger partial charge >= 0.3 is 5.97 Å². The zero-order chi connectivity index (χ0) is 15.7. The van der Waals surface area contributed by atoms with Crippen molar-refractivity contribution in [1.82, 2.24) is 5.16 Å². The van der Waals surface area contributed by atoms with Crippen molar-refractivity contribution in [2.24, 2.45) is 0 Å². The second kappa shape index (κ2) is 5.61. The largest absolute Gasteiger partial charge is 0.481 e. The summed E-state index contributed by atoms with van der Waals surface area (Å²) < 4.78 is 9.92. The maximum atomic E-state index is 12.6. The first-order valence-electron chi connectivity index (χ1n) is 6.70. The summed E-state index contributed by atoms with van der Waals surface area (Å²) in [6.07, 6.45) is 0. The Bertz CT molecular complexity index is 724. The van der Waals surface area contributed by atoms with Gasteiger partial charge in [-0.3, -0.25) is 9.59 Å². The SMILES string of the molecule is COCc1cc(C(=O)N2CC(C(=O)O)c3ccccc32)no1. The van der Waals surface area contributed by atoms with Crippen molar-refractivity contribution in [2.45, 2.75) is 12.5 Å². The molecule has 0 bridgehead atoms. The van der Waals surface area contributed by atoms with Crippen LogP contribution >= 0.6 is 0 Å². The van der Waals surface area contributed by atoms with Crippen LogP contribution in [0.5, 0.6) is 0 Å². The van der Waals surface area contributed by atoms with Crippen LogP contribution in [0, 0.1) is 0 Å². The van der Waals surface area contributed by atoms with Crippen LogP contribution in [0.3, 0.4) is 0 Å². The van der Waals surface area contributed by atoms with E-state index in [1.165, 1.54) is 18.1 Å². The molecule has 114 valence electrons. The molecule has 1 atom stereocenters. The fourth-order valence-electron chi connectivity index (χ4n) is 2.57. The average Bonchev–Trinajstić information content (AvgIpc) is 3.11. The summed E-state index contributed by atoms with van der Waals surface area (Å²) in [5.74, 6) is -1.64. The quantitative estimate of drug-likeness (QED) is 0.923. The number of nitrogens with zero attached hydrogens (tertiary/aromatic N) is 2. The van der Waals surface area contributed by atoms with Gasteiger partial charge in [-0.2, -0.15) is 0 Å². The number of para-hydroxylation sites is 1. The number of ether oxygens (including phenoxy) is 1. The summed E-state index contributed by atoms with van der Waals surface area (Å²) in [5.41, 5.74) is 1.35. The lowest BCUT2D eigenvalue weighted by Crippen LogP contribution is -2.31. The van der Waals surface area contributed by atoms with E-state index in [2.05, 4.69) is 5.16 Å². The normalized spacial score (nSPS) is 16.6. The molecule has 1 unspecified atom stereocenters. The van der Waals surface area contributed by atoms with Crippen LogP contribution in [0.2, 0.25) is 0 Å². The number of carboxylic acid groups (broad SMARTS) is 1. The number of carboxylic acids is 1. The molecule has 0 aliphatic carbocycles. The molecular formula is C15H14N2O5. The molecule has 1 amide bonds. The number of fused-ring (bicyclic) bond motifs is 1. The van der Waals surface area contributed by atoms with Crippen LogP contribution in [0.15, 0.2) is 34.9 Å². The minimum atomic E-state index is -0.956. The number of carbonyl (C=O) groups is 2. The second-order valence-electron chi connectivity index (χ2n) is 4.98. The van der Waals surface area contributed by atoms with Crippen molar-refractivity contribution >= 4 is 17.6 Å². The van der Waals surface area contributed by atoms with E-state index >= 15 is 0 Å². The van der Waals surface area contributed by atoms with Crippen molar-refractivity contribution < 1.29 is 24.0 Å². The minimum absolute atomic E-state index is 0.0833. The van der Waals surface area contributed by atoms with Crippen molar-refractivity contribution in [3.63, 3.8) is 0 Å². The molecule has 7 heteroatoms. The van der Waals surface area contributed by atoms with Crippen LogP contribution in [0.1, 0.15) is 27.7 Å². The molecule has 3 rings (SSSR count). The van der Waals surface area contributed by atoms with E-state index in [0.29, 0.717) is 17.0 Å². The molecule has 1 aromatic carbocycles. The monoisotopic (exact) mass is 302 g/mol. The predicted octanol–water partition coefficient (Wildman–Crippen LogP) is 1.65. The van der Waals surface area contributed by atoms with Gasteiger partial charge in [-0.25, -0.2) is 0 Å². The van der Waals surface area contributed by atoms with Gasteiger partial charge < -0.3 is 19.3 Å². The lowest BCUT2D eigenvalue weighted by atomic mass is 10.0. The summed E-state index contributed by atoms with van der Waals surface area (Å²) in [5, 5.41) is 13.0. The smallest absolute Gasteiger partial charge is 0.312 e. The minimum Gasteiger partial charge on any atom is -0.481 e. The van der Waals surface area contributed by atoms with Gasteiger partial charge in [0.25, 0.3) is 5.91 Å². The van der Waals surface area contributed by atoms with E-state index in [1.54, 1.807) is 24.3 Å². The maximum absolute atomic E-state index is 12.6. The maximum Gasteiger partial charge on any atom is 0.312 e. The van der Waals surface area contributed by atoms with Gasteiger partial charge in [0.15, 0.2) is 11.5 Å². The summed E-state index contributed by atoms with van der Waals surface area (Å²) in [4.78, 5) is 25.4. The zero-order valence-corrected chi connectivity index (χ0v) is 11.9. The molecule has 1 aromatic heterocycles. The number of aliphatic carboxylic acids is 1. The van der Waals surface area contributed by atoms with Crippen LogP contribution < -0.4 is 4.90 Å². The first kappa shape index (κ1) is 14.3. The van der Waals surface area contributed by atoms with E-state index in [0.717, 1.165) is 0 Å².